The summed E-state index contributed by atoms with van der Waals surface area (Å²) in [6.45, 7) is 5.86. The molecule has 0 aliphatic carbocycles. The van der Waals surface area contributed by atoms with Gasteiger partial charge in [-0.1, -0.05) is 0 Å². The van der Waals surface area contributed by atoms with Gasteiger partial charge < -0.3 is 15.4 Å². The van der Waals surface area contributed by atoms with Gasteiger partial charge in [-0.05, 0) is 26.7 Å². The van der Waals surface area contributed by atoms with Gasteiger partial charge >= 0.3 is 0 Å². The predicted molar refractivity (Wildman–Crippen MR) is 74.1 cm³/mol. The number of anilines is 1. The van der Waals surface area contributed by atoms with Crippen LogP contribution >= 0.6 is 0 Å². The lowest BCUT2D eigenvalue weighted by Crippen LogP contribution is -2.37. The summed E-state index contributed by atoms with van der Waals surface area (Å²) >= 11 is 0. The van der Waals surface area contributed by atoms with Gasteiger partial charge in [-0.3, -0.25) is 0 Å². The predicted octanol–water partition coefficient (Wildman–Crippen LogP) is 1.43. The molecule has 1 aromatic rings. The van der Waals surface area contributed by atoms with Crippen LogP contribution in [0.3, 0.4) is 0 Å². The minimum atomic E-state index is 0.0942. The third-order valence-electron chi connectivity index (χ3n) is 4.15. The van der Waals surface area contributed by atoms with E-state index in [9.17, 15) is 0 Å². The van der Waals surface area contributed by atoms with Gasteiger partial charge in [0.15, 0.2) is 0 Å². The summed E-state index contributed by atoms with van der Waals surface area (Å²) in [5.41, 5.74) is 8.09. The fourth-order valence-electron chi connectivity index (χ4n) is 3.14. The average molecular weight is 262 g/mol. The van der Waals surface area contributed by atoms with Crippen molar-refractivity contribution >= 4 is 5.95 Å². The molecular formula is C14H22N4O. The zero-order valence-corrected chi connectivity index (χ0v) is 11.7. The lowest BCUT2D eigenvalue weighted by atomic mass is 10.0. The Hall–Kier alpha value is -1.20. The van der Waals surface area contributed by atoms with E-state index in [0.717, 1.165) is 36.6 Å². The Bertz CT molecular complexity index is 465. The molecule has 3 unspecified atom stereocenters. The van der Waals surface area contributed by atoms with Crippen LogP contribution in [-0.4, -0.2) is 35.2 Å². The van der Waals surface area contributed by atoms with Gasteiger partial charge in [0.1, 0.15) is 0 Å². The second-order valence-corrected chi connectivity index (χ2v) is 5.59. The normalized spacial score (nSPS) is 30.5. The average Bonchev–Trinajstić information content (AvgIpc) is 2.86. The van der Waals surface area contributed by atoms with Crippen molar-refractivity contribution < 1.29 is 4.74 Å². The van der Waals surface area contributed by atoms with Crippen LogP contribution in [0, 0.1) is 0 Å². The SMILES string of the molecule is CC1Cc2nc(N3CCCC3CN)ncc2C(C)O1. The number of hydrogen-bond acceptors (Lipinski definition) is 5. The van der Waals surface area contributed by atoms with Crippen molar-refractivity contribution in [3.8, 4) is 0 Å². The molecule has 0 bridgehead atoms. The van der Waals surface area contributed by atoms with Crippen LogP contribution in [0.4, 0.5) is 5.95 Å². The Labute approximate surface area is 114 Å². The van der Waals surface area contributed by atoms with E-state index in [-0.39, 0.29) is 12.2 Å². The molecule has 3 heterocycles. The van der Waals surface area contributed by atoms with Crippen LogP contribution in [0.2, 0.25) is 0 Å². The second-order valence-electron chi connectivity index (χ2n) is 5.59. The topological polar surface area (TPSA) is 64.3 Å². The molecule has 0 amide bonds. The molecule has 5 nitrogen and oxygen atoms in total. The van der Waals surface area contributed by atoms with Gasteiger partial charge in [0.25, 0.3) is 0 Å². The molecule has 2 aliphatic heterocycles. The lowest BCUT2D eigenvalue weighted by molar-refractivity contribution is -0.00618. The largest absolute Gasteiger partial charge is 0.370 e. The minimum Gasteiger partial charge on any atom is -0.370 e. The summed E-state index contributed by atoms with van der Waals surface area (Å²) < 4.78 is 5.81. The molecule has 104 valence electrons. The molecule has 0 aromatic carbocycles. The first kappa shape index (κ1) is 12.8. The van der Waals surface area contributed by atoms with Crippen LogP contribution in [0.5, 0.6) is 0 Å². The monoisotopic (exact) mass is 262 g/mol. The Kier molecular flexibility index (Phi) is 3.41. The molecule has 2 N–H and O–H groups in total. The van der Waals surface area contributed by atoms with E-state index >= 15 is 0 Å². The summed E-state index contributed by atoms with van der Waals surface area (Å²) in [6, 6.07) is 0.396. The van der Waals surface area contributed by atoms with E-state index in [2.05, 4.69) is 23.7 Å². The van der Waals surface area contributed by atoms with Crippen LogP contribution < -0.4 is 10.6 Å². The third-order valence-corrected chi connectivity index (χ3v) is 4.15. The maximum atomic E-state index is 5.83. The van der Waals surface area contributed by atoms with Crippen LogP contribution in [0.25, 0.3) is 0 Å². The molecule has 5 heteroatoms. The number of hydrogen-bond donors (Lipinski definition) is 1. The fourth-order valence-corrected chi connectivity index (χ4v) is 3.14. The van der Waals surface area contributed by atoms with Gasteiger partial charge in [0.2, 0.25) is 5.95 Å². The first-order chi connectivity index (χ1) is 9.19. The summed E-state index contributed by atoms with van der Waals surface area (Å²) in [7, 11) is 0. The molecular weight excluding hydrogens is 240 g/mol. The van der Waals surface area contributed by atoms with Gasteiger partial charge in [-0.15, -0.1) is 0 Å². The number of fused-ring (bicyclic) bond motifs is 1. The summed E-state index contributed by atoms with van der Waals surface area (Å²) in [5.74, 6) is 0.841. The molecule has 3 rings (SSSR count). The molecule has 1 fully saturated rings. The maximum Gasteiger partial charge on any atom is 0.225 e. The van der Waals surface area contributed by atoms with E-state index < -0.39 is 0 Å². The van der Waals surface area contributed by atoms with Crippen molar-refractivity contribution in [2.75, 3.05) is 18.0 Å². The number of nitrogens with zero attached hydrogens (tertiary/aromatic N) is 3. The molecule has 1 saturated heterocycles. The van der Waals surface area contributed by atoms with Gasteiger partial charge in [0.05, 0.1) is 17.9 Å². The quantitative estimate of drug-likeness (QED) is 0.873. The Morgan fingerprint density at radius 1 is 1.47 bits per heavy atom. The van der Waals surface area contributed by atoms with Crippen molar-refractivity contribution in [3.63, 3.8) is 0 Å². The van der Waals surface area contributed by atoms with Crippen LogP contribution in [-0.2, 0) is 11.2 Å². The van der Waals surface area contributed by atoms with E-state index in [1.54, 1.807) is 0 Å². The highest BCUT2D eigenvalue weighted by Gasteiger charge is 2.28. The fraction of sp³-hybridized carbons (Fsp3) is 0.714. The summed E-state index contributed by atoms with van der Waals surface area (Å²) in [5, 5.41) is 0. The van der Waals surface area contributed by atoms with Crippen LogP contribution in [0.1, 0.15) is 44.1 Å². The molecule has 2 aliphatic rings. The Balaban J connectivity index is 1.90. The number of rotatable bonds is 2. The molecule has 0 saturated carbocycles. The zero-order valence-electron chi connectivity index (χ0n) is 11.7. The molecule has 0 spiro atoms. The second kappa shape index (κ2) is 5.06. The standard InChI is InChI=1S/C14H22N4O/c1-9-6-13-12(10(2)19-9)8-16-14(17-13)18-5-3-4-11(18)7-15/h8-11H,3-7,15H2,1-2H3. The number of ether oxygens (including phenoxy) is 1. The molecule has 3 atom stereocenters. The van der Waals surface area contributed by atoms with E-state index in [0.29, 0.717) is 12.6 Å². The van der Waals surface area contributed by atoms with E-state index in [1.807, 2.05) is 6.20 Å². The van der Waals surface area contributed by atoms with E-state index in [1.165, 1.54) is 6.42 Å². The van der Waals surface area contributed by atoms with Gasteiger partial charge in [-0.2, -0.15) is 0 Å². The van der Waals surface area contributed by atoms with Gasteiger partial charge in [-0.25, -0.2) is 9.97 Å². The zero-order chi connectivity index (χ0) is 13.4. The summed E-state index contributed by atoms with van der Waals surface area (Å²) in [4.78, 5) is 11.6. The maximum absolute atomic E-state index is 5.83. The summed E-state index contributed by atoms with van der Waals surface area (Å²) in [6.07, 6.45) is 5.45. The van der Waals surface area contributed by atoms with Crippen molar-refractivity contribution in [2.24, 2.45) is 5.73 Å². The Morgan fingerprint density at radius 2 is 2.32 bits per heavy atom. The highest BCUT2D eigenvalue weighted by Crippen LogP contribution is 2.30. The van der Waals surface area contributed by atoms with Crippen molar-refractivity contribution in [1.29, 1.82) is 0 Å². The van der Waals surface area contributed by atoms with Crippen LogP contribution in [0.15, 0.2) is 6.20 Å². The molecule has 0 radical (unpaired) electrons. The first-order valence-electron chi connectivity index (χ1n) is 7.17. The lowest BCUT2D eigenvalue weighted by Gasteiger charge is -2.29. The van der Waals surface area contributed by atoms with Crippen molar-refractivity contribution in [2.45, 2.75) is 51.4 Å². The van der Waals surface area contributed by atoms with Crippen molar-refractivity contribution in [1.82, 2.24) is 9.97 Å². The highest BCUT2D eigenvalue weighted by atomic mass is 16.5. The van der Waals surface area contributed by atoms with E-state index in [4.69, 9.17) is 15.5 Å². The van der Waals surface area contributed by atoms with Crippen molar-refractivity contribution in [3.05, 3.63) is 17.5 Å². The highest BCUT2D eigenvalue weighted by molar-refractivity contribution is 5.37. The minimum absolute atomic E-state index is 0.0942. The first-order valence-corrected chi connectivity index (χ1v) is 7.17. The smallest absolute Gasteiger partial charge is 0.225 e. The molecule has 1 aromatic heterocycles. The Morgan fingerprint density at radius 3 is 3.11 bits per heavy atom. The molecule has 19 heavy (non-hydrogen) atoms. The number of nitrogens with two attached hydrogens (primary N) is 1. The van der Waals surface area contributed by atoms with Gasteiger partial charge in [0, 0.05) is 37.3 Å². The third kappa shape index (κ3) is 2.32. The number of aromatic nitrogens is 2.